The highest BCUT2D eigenvalue weighted by Crippen LogP contribution is 2.38. The van der Waals surface area contributed by atoms with E-state index in [0.717, 1.165) is 48.6 Å². The van der Waals surface area contributed by atoms with Crippen LogP contribution >= 0.6 is 11.6 Å². The highest BCUT2D eigenvalue weighted by atomic mass is 35.5. The zero-order chi connectivity index (χ0) is 27.0. The molecule has 3 saturated heterocycles. The van der Waals surface area contributed by atoms with Crippen molar-refractivity contribution >= 4 is 23.4 Å². The van der Waals surface area contributed by atoms with Gasteiger partial charge >= 0.3 is 24.1 Å². The second-order valence-electron chi connectivity index (χ2n) is 9.51. The van der Waals surface area contributed by atoms with Crippen LogP contribution in [0.25, 0.3) is 4.85 Å². The van der Waals surface area contributed by atoms with Crippen LogP contribution in [0.15, 0.2) is 18.2 Å². The quantitative estimate of drug-likeness (QED) is 0.507. The molecular formula is C23H27ClF6N5O2+. The average molecular weight is 555 g/mol. The first-order chi connectivity index (χ1) is 17.3. The molecule has 1 aromatic carbocycles. The molecule has 0 saturated carbocycles. The van der Waals surface area contributed by atoms with Crippen LogP contribution in [0.5, 0.6) is 0 Å². The Bertz CT molecular complexity index is 1030. The molecule has 0 spiro atoms. The molecule has 3 fully saturated rings. The van der Waals surface area contributed by atoms with Crippen molar-refractivity contribution in [2.24, 2.45) is 0 Å². The molecular weight excluding hydrogens is 528 g/mol. The van der Waals surface area contributed by atoms with E-state index in [0.29, 0.717) is 18.1 Å². The third-order valence-electron chi connectivity index (χ3n) is 7.14. The van der Waals surface area contributed by atoms with Crippen LogP contribution in [0.1, 0.15) is 18.4 Å². The normalized spacial score (nSPS) is 23.8. The molecule has 3 heterocycles. The Kier molecular flexibility index (Phi) is 7.74. The Morgan fingerprint density at radius 2 is 1.73 bits per heavy atom. The number of alkyl halides is 6. The van der Waals surface area contributed by atoms with E-state index in [1.165, 1.54) is 0 Å². The summed E-state index contributed by atoms with van der Waals surface area (Å²) < 4.78 is 80.2. The van der Waals surface area contributed by atoms with Gasteiger partial charge in [0.1, 0.15) is 6.54 Å². The summed E-state index contributed by atoms with van der Waals surface area (Å²) in [4.78, 5) is 23.6. The molecule has 1 aromatic rings. The molecule has 3 aliphatic rings. The summed E-state index contributed by atoms with van der Waals surface area (Å²) in [5.41, 5.74) is 1.42. The number of hydrogen-bond donors (Lipinski definition) is 0. The number of anilines is 1. The Hall–Kier alpha value is -2.43. The van der Waals surface area contributed by atoms with Gasteiger partial charge in [-0.15, -0.1) is 0 Å². The molecule has 0 aromatic heterocycles. The predicted octanol–water partition coefficient (Wildman–Crippen LogP) is 4.66. The number of fused-ring (bicyclic) bond motifs is 1. The molecule has 0 aliphatic carbocycles. The minimum Gasteiger partial charge on any atom is -0.426 e. The van der Waals surface area contributed by atoms with Crippen molar-refractivity contribution in [3.05, 3.63) is 33.6 Å². The van der Waals surface area contributed by atoms with Crippen LogP contribution < -0.4 is 4.90 Å². The van der Waals surface area contributed by atoms with Crippen LogP contribution in [0.4, 0.5) is 36.8 Å². The maximum absolute atomic E-state index is 12.7. The average Bonchev–Trinajstić information content (AvgIpc) is 3.26. The van der Waals surface area contributed by atoms with Crippen molar-refractivity contribution in [2.75, 3.05) is 57.3 Å². The fourth-order valence-corrected chi connectivity index (χ4v) is 5.39. The number of carbonyl (C=O) groups excluding carboxylic acids is 1. The number of halogens is 7. The van der Waals surface area contributed by atoms with E-state index < -0.39 is 30.2 Å². The summed E-state index contributed by atoms with van der Waals surface area (Å²) in [5, 5.41) is 0.558. The summed E-state index contributed by atoms with van der Waals surface area (Å²) in [6.45, 7) is 9.71. The molecule has 204 valence electrons. The predicted molar refractivity (Wildman–Crippen MR) is 125 cm³/mol. The van der Waals surface area contributed by atoms with Crippen LogP contribution in [0.2, 0.25) is 5.02 Å². The largest absolute Gasteiger partial charge is 0.434 e. The van der Waals surface area contributed by atoms with E-state index in [1.54, 1.807) is 6.07 Å². The number of carbonyl (C=O) groups is 1. The maximum atomic E-state index is 12.7. The molecule has 1 amide bonds. The summed E-state index contributed by atoms with van der Waals surface area (Å²) in [6.07, 6.45) is -15.4. The molecule has 0 bridgehead atoms. The van der Waals surface area contributed by atoms with Crippen LogP contribution in [0.3, 0.4) is 0 Å². The second-order valence-corrected chi connectivity index (χ2v) is 9.94. The van der Waals surface area contributed by atoms with Gasteiger partial charge in [-0.3, -0.25) is 4.90 Å². The first kappa shape index (κ1) is 27.6. The maximum Gasteiger partial charge on any atom is 0.434 e. The smallest absolute Gasteiger partial charge is 0.426 e. The molecule has 0 N–H and O–H groups in total. The van der Waals surface area contributed by atoms with Crippen LogP contribution in [-0.4, -0.2) is 97.3 Å². The van der Waals surface area contributed by atoms with Gasteiger partial charge in [-0.1, -0.05) is 22.5 Å². The number of rotatable bonds is 4. The van der Waals surface area contributed by atoms with E-state index in [1.807, 2.05) is 17.0 Å². The van der Waals surface area contributed by atoms with Crippen molar-refractivity contribution < 1.29 is 35.9 Å². The lowest BCUT2D eigenvalue weighted by atomic mass is 10.0. The Labute approximate surface area is 215 Å². The highest BCUT2D eigenvalue weighted by molar-refractivity contribution is 6.30. The molecule has 0 radical (unpaired) electrons. The standard InChI is InChI=1S/C23H27ClF6N5O2/c1-31-21-5-2-6-35(21)12-11-34(15-21)18-13-17(24)4-3-16(18)14-32-7-9-33(10-8-32)20(36)37-19(22(25,26)27)23(28,29)30/h1,3-4,13,19H,2,5-12,14-15H2/q+1/t21-/m1/s1. The topological polar surface area (TPSA) is 43.6 Å². The van der Waals surface area contributed by atoms with Crippen molar-refractivity contribution in [3.63, 3.8) is 0 Å². The van der Waals surface area contributed by atoms with Crippen molar-refractivity contribution in [1.82, 2.24) is 14.7 Å². The number of nitrogens with zero attached hydrogens (tertiary/aromatic N) is 5. The molecule has 14 heteroatoms. The van der Waals surface area contributed by atoms with E-state index >= 15 is 0 Å². The lowest BCUT2D eigenvalue weighted by Crippen LogP contribution is -2.58. The lowest BCUT2D eigenvalue weighted by Gasteiger charge is -2.40. The fraction of sp³-hybridized carbons (Fsp3) is 0.652. The first-order valence-electron chi connectivity index (χ1n) is 11.8. The van der Waals surface area contributed by atoms with Crippen molar-refractivity contribution in [3.8, 4) is 6.57 Å². The van der Waals surface area contributed by atoms with Crippen LogP contribution in [-0.2, 0) is 11.3 Å². The van der Waals surface area contributed by atoms with E-state index in [4.69, 9.17) is 18.2 Å². The summed E-state index contributed by atoms with van der Waals surface area (Å²) >= 11 is 6.30. The number of piperazine rings is 2. The van der Waals surface area contributed by atoms with Gasteiger partial charge in [-0.05, 0) is 24.1 Å². The van der Waals surface area contributed by atoms with Gasteiger partial charge in [-0.25, -0.2) is 9.69 Å². The lowest BCUT2D eigenvalue weighted by molar-refractivity contribution is -0.308. The molecule has 37 heavy (non-hydrogen) atoms. The van der Waals surface area contributed by atoms with E-state index in [2.05, 4.69) is 19.4 Å². The van der Waals surface area contributed by atoms with E-state index in [9.17, 15) is 31.1 Å². The molecule has 7 nitrogen and oxygen atoms in total. The minimum atomic E-state index is -5.75. The third kappa shape index (κ3) is 6.02. The van der Waals surface area contributed by atoms with Crippen molar-refractivity contribution in [2.45, 2.75) is 43.5 Å². The van der Waals surface area contributed by atoms with Crippen LogP contribution in [0, 0.1) is 6.57 Å². The monoisotopic (exact) mass is 554 g/mol. The Balaban J connectivity index is 1.39. The van der Waals surface area contributed by atoms with Gasteiger partial charge in [0.2, 0.25) is 0 Å². The molecule has 3 aliphatic heterocycles. The zero-order valence-corrected chi connectivity index (χ0v) is 20.6. The van der Waals surface area contributed by atoms with Gasteiger partial charge in [0.05, 0.1) is 0 Å². The van der Waals surface area contributed by atoms with E-state index in [-0.39, 0.29) is 26.2 Å². The SMILES string of the molecule is C#[N+][C@]12CCCN1CCN(c1cc(Cl)ccc1CN1CCN(C(=O)OC(C(F)(F)F)C(F)(F)F)CC1)C2. The number of hydrogen-bond acceptors (Lipinski definition) is 5. The highest BCUT2D eigenvalue weighted by Gasteiger charge is 2.60. The Morgan fingerprint density at radius 3 is 2.35 bits per heavy atom. The fourth-order valence-electron chi connectivity index (χ4n) is 5.23. The molecule has 4 rings (SSSR count). The second kappa shape index (κ2) is 10.4. The zero-order valence-electron chi connectivity index (χ0n) is 19.9. The number of ether oxygens (including phenoxy) is 1. The van der Waals surface area contributed by atoms with Gasteiger partial charge in [0.25, 0.3) is 12.7 Å². The van der Waals surface area contributed by atoms with Gasteiger partial charge < -0.3 is 14.5 Å². The number of benzene rings is 1. The first-order valence-corrected chi connectivity index (χ1v) is 12.2. The summed E-state index contributed by atoms with van der Waals surface area (Å²) in [6, 6.07) is 5.52. The van der Waals surface area contributed by atoms with Crippen molar-refractivity contribution in [1.29, 1.82) is 0 Å². The molecule has 0 unspecified atom stereocenters. The summed E-state index contributed by atoms with van der Waals surface area (Å²) in [5.74, 6) is 0. The van der Waals surface area contributed by atoms with Gasteiger partial charge in [-0.2, -0.15) is 26.3 Å². The molecule has 1 atom stereocenters. The summed E-state index contributed by atoms with van der Waals surface area (Å²) in [7, 11) is 0. The number of amides is 1. The third-order valence-corrected chi connectivity index (χ3v) is 7.38. The Morgan fingerprint density at radius 1 is 1.05 bits per heavy atom. The minimum absolute atomic E-state index is 0.0714. The van der Waals surface area contributed by atoms with Gasteiger partial charge in [0.15, 0.2) is 0 Å². The van der Waals surface area contributed by atoms with Gasteiger partial charge in [0, 0.05) is 69.5 Å².